The second-order valence-electron chi connectivity index (χ2n) is 8.86. The minimum absolute atomic E-state index is 0.0324. The maximum absolute atomic E-state index is 11.0. The van der Waals surface area contributed by atoms with Gasteiger partial charge in [-0.05, 0) is 49.0 Å². The van der Waals surface area contributed by atoms with Gasteiger partial charge < -0.3 is 24.5 Å². The summed E-state index contributed by atoms with van der Waals surface area (Å²) < 4.78 is 11.1. The molecule has 1 aliphatic heterocycles. The Morgan fingerprint density at radius 1 is 1.40 bits per heavy atom. The highest BCUT2D eigenvalue weighted by Gasteiger charge is 2.73. The first-order valence-electron chi connectivity index (χ1n) is 9.53. The van der Waals surface area contributed by atoms with Crippen molar-refractivity contribution in [1.29, 1.82) is 0 Å². The van der Waals surface area contributed by atoms with Crippen molar-refractivity contribution in [3.63, 3.8) is 0 Å². The van der Waals surface area contributed by atoms with Crippen LogP contribution in [0.4, 0.5) is 0 Å². The van der Waals surface area contributed by atoms with Gasteiger partial charge in [0.2, 0.25) is 0 Å². The molecule has 0 amide bonds. The van der Waals surface area contributed by atoms with E-state index in [1.165, 1.54) is 0 Å². The lowest BCUT2D eigenvalue weighted by molar-refractivity contribution is -0.377. The molecule has 2 heterocycles. The molecule has 4 rings (SSSR count). The van der Waals surface area contributed by atoms with Gasteiger partial charge in [0, 0.05) is 5.56 Å². The largest absolute Gasteiger partial charge is 0.472 e. The van der Waals surface area contributed by atoms with Crippen molar-refractivity contribution in [2.75, 3.05) is 13.2 Å². The van der Waals surface area contributed by atoms with Gasteiger partial charge in [0.05, 0.1) is 43.4 Å². The summed E-state index contributed by atoms with van der Waals surface area (Å²) in [4.78, 5) is 0. The minimum atomic E-state index is -0.600. The van der Waals surface area contributed by atoms with Crippen LogP contribution < -0.4 is 0 Å². The fourth-order valence-electron chi connectivity index (χ4n) is 6.34. The molecule has 140 valence electrons. The molecule has 0 aromatic carbocycles. The SMILES string of the molecule is CC1CC(O)C23COC2(CO)CCCC3C1(C)CC(O)c1ccoc1. The predicted molar refractivity (Wildman–Crippen MR) is 91.7 cm³/mol. The van der Waals surface area contributed by atoms with E-state index in [9.17, 15) is 15.3 Å². The highest BCUT2D eigenvalue weighted by atomic mass is 16.5. The molecule has 0 radical (unpaired) electrons. The molecule has 1 saturated heterocycles. The first kappa shape index (κ1) is 17.5. The molecule has 7 atom stereocenters. The summed E-state index contributed by atoms with van der Waals surface area (Å²) in [5.41, 5.74) is -0.294. The summed E-state index contributed by atoms with van der Waals surface area (Å²) in [5, 5.41) is 31.9. The molecule has 25 heavy (non-hydrogen) atoms. The maximum Gasteiger partial charge on any atom is 0.102 e. The Morgan fingerprint density at radius 2 is 2.20 bits per heavy atom. The number of aliphatic hydroxyl groups is 3. The molecule has 3 N–H and O–H groups in total. The van der Waals surface area contributed by atoms with Crippen LogP contribution in [0, 0.1) is 22.7 Å². The third-order valence-electron chi connectivity index (χ3n) is 8.04. The van der Waals surface area contributed by atoms with Crippen molar-refractivity contribution in [3.8, 4) is 0 Å². The first-order valence-corrected chi connectivity index (χ1v) is 9.53. The van der Waals surface area contributed by atoms with Crippen LogP contribution in [0.5, 0.6) is 0 Å². The van der Waals surface area contributed by atoms with E-state index in [1.54, 1.807) is 12.5 Å². The third kappa shape index (κ3) is 2.16. The summed E-state index contributed by atoms with van der Waals surface area (Å²) in [7, 11) is 0. The lowest BCUT2D eigenvalue weighted by Gasteiger charge is -2.72. The van der Waals surface area contributed by atoms with Gasteiger partial charge in [-0.15, -0.1) is 0 Å². The van der Waals surface area contributed by atoms with Gasteiger partial charge in [0.15, 0.2) is 0 Å². The highest BCUT2D eigenvalue weighted by molar-refractivity contribution is 5.22. The summed E-state index contributed by atoms with van der Waals surface area (Å²) in [6, 6.07) is 1.82. The van der Waals surface area contributed by atoms with Crippen LogP contribution in [0.3, 0.4) is 0 Å². The van der Waals surface area contributed by atoms with Gasteiger partial charge in [0.25, 0.3) is 0 Å². The molecule has 1 spiro atoms. The van der Waals surface area contributed by atoms with Crippen LogP contribution in [-0.4, -0.2) is 40.2 Å². The quantitative estimate of drug-likeness (QED) is 0.778. The molecule has 1 aromatic heterocycles. The number of ether oxygens (including phenoxy) is 1. The Balaban J connectivity index is 1.70. The van der Waals surface area contributed by atoms with Gasteiger partial charge >= 0.3 is 0 Å². The van der Waals surface area contributed by atoms with Crippen LogP contribution in [0.15, 0.2) is 23.0 Å². The van der Waals surface area contributed by atoms with Gasteiger partial charge in [-0.25, -0.2) is 0 Å². The number of rotatable bonds is 4. The average molecular weight is 350 g/mol. The predicted octanol–water partition coefficient (Wildman–Crippen LogP) is 2.66. The van der Waals surface area contributed by atoms with Crippen LogP contribution in [0.2, 0.25) is 0 Å². The van der Waals surface area contributed by atoms with Crippen LogP contribution >= 0.6 is 0 Å². The molecule has 7 unspecified atom stereocenters. The number of aliphatic hydroxyl groups excluding tert-OH is 3. The molecule has 0 bridgehead atoms. The Kier molecular flexibility index (Phi) is 4.07. The van der Waals surface area contributed by atoms with E-state index in [-0.39, 0.29) is 29.3 Å². The molecule has 3 aliphatic rings. The smallest absolute Gasteiger partial charge is 0.102 e. The summed E-state index contributed by atoms with van der Waals surface area (Å²) in [6.07, 6.45) is 6.31. The van der Waals surface area contributed by atoms with E-state index >= 15 is 0 Å². The Bertz CT molecular complexity index is 612. The summed E-state index contributed by atoms with van der Waals surface area (Å²) >= 11 is 0. The molecule has 5 heteroatoms. The normalized spacial score (nSPS) is 47.5. The van der Waals surface area contributed by atoms with Crippen molar-refractivity contribution in [1.82, 2.24) is 0 Å². The second kappa shape index (κ2) is 5.81. The zero-order valence-corrected chi connectivity index (χ0v) is 15.1. The zero-order valence-electron chi connectivity index (χ0n) is 15.1. The first-order chi connectivity index (χ1) is 11.9. The topological polar surface area (TPSA) is 83.1 Å². The van der Waals surface area contributed by atoms with Crippen molar-refractivity contribution in [3.05, 3.63) is 24.2 Å². The lowest BCUT2D eigenvalue weighted by atomic mass is 9.40. The Morgan fingerprint density at radius 3 is 2.80 bits per heavy atom. The van der Waals surface area contributed by atoms with Crippen LogP contribution in [-0.2, 0) is 4.74 Å². The zero-order chi connectivity index (χ0) is 17.9. The fraction of sp³-hybridized carbons (Fsp3) is 0.800. The van der Waals surface area contributed by atoms with Gasteiger partial charge in [0.1, 0.15) is 5.60 Å². The third-order valence-corrected chi connectivity index (χ3v) is 8.04. The molecule has 3 fully saturated rings. The van der Waals surface area contributed by atoms with Gasteiger partial charge in [-0.3, -0.25) is 0 Å². The molecule has 1 aromatic rings. The Hall–Kier alpha value is -0.880. The van der Waals surface area contributed by atoms with E-state index in [4.69, 9.17) is 9.15 Å². The molecule has 5 nitrogen and oxygen atoms in total. The monoisotopic (exact) mass is 350 g/mol. The van der Waals surface area contributed by atoms with E-state index in [2.05, 4.69) is 13.8 Å². The minimum Gasteiger partial charge on any atom is -0.472 e. The van der Waals surface area contributed by atoms with E-state index < -0.39 is 17.8 Å². The van der Waals surface area contributed by atoms with Crippen molar-refractivity contribution >= 4 is 0 Å². The van der Waals surface area contributed by atoms with Gasteiger partial charge in [-0.1, -0.05) is 20.3 Å². The van der Waals surface area contributed by atoms with Crippen LogP contribution in [0.25, 0.3) is 0 Å². The van der Waals surface area contributed by atoms with E-state index in [1.807, 2.05) is 6.07 Å². The van der Waals surface area contributed by atoms with Crippen molar-refractivity contribution < 1.29 is 24.5 Å². The van der Waals surface area contributed by atoms with E-state index in [0.29, 0.717) is 19.4 Å². The maximum atomic E-state index is 11.0. The Labute approximate surface area is 149 Å². The standard InChI is InChI=1S/C20H30O5/c1-13-8-17(23)20-12-25-19(20,11-21)6-3-4-16(20)18(13,2)9-15(22)14-5-7-24-10-14/h5,7,10,13,15-17,21-23H,3-4,6,8-9,11-12H2,1-2H3. The lowest BCUT2D eigenvalue weighted by Crippen LogP contribution is -2.78. The molecule has 2 aliphatic carbocycles. The number of hydrogen-bond donors (Lipinski definition) is 3. The highest BCUT2D eigenvalue weighted by Crippen LogP contribution is 2.69. The van der Waals surface area contributed by atoms with Crippen LogP contribution in [0.1, 0.15) is 57.6 Å². The summed E-state index contributed by atoms with van der Waals surface area (Å²) in [6.45, 7) is 4.93. The second-order valence-corrected chi connectivity index (χ2v) is 8.86. The van der Waals surface area contributed by atoms with E-state index in [0.717, 1.165) is 24.8 Å². The molecular weight excluding hydrogens is 320 g/mol. The van der Waals surface area contributed by atoms with Gasteiger partial charge in [-0.2, -0.15) is 0 Å². The summed E-state index contributed by atoms with van der Waals surface area (Å²) in [5.74, 6) is 0.518. The molecule has 2 saturated carbocycles. The number of furan rings is 1. The fourth-order valence-corrected chi connectivity index (χ4v) is 6.34. The van der Waals surface area contributed by atoms with Crippen molar-refractivity contribution in [2.24, 2.45) is 22.7 Å². The number of hydrogen-bond acceptors (Lipinski definition) is 5. The average Bonchev–Trinajstić information content (AvgIpc) is 3.09. The molecular formula is C20H30O5. The van der Waals surface area contributed by atoms with Crippen molar-refractivity contribution in [2.45, 2.75) is 63.8 Å².